The fourth-order valence-corrected chi connectivity index (χ4v) is 3.72. The number of amides is 1. The van der Waals surface area contributed by atoms with Crippen LogP contribution in [-0.4, -0.2) is 68.2 Å². The lowest BCUT2D eigenvalue weighted by Gasteiger charge is -2.39. The number of halogens is 4. The van der Waals surface area contributed by atoms with Crippen molar-refractivity contribution in [1.82, 2.24) is 9.80 Å². The van der Waals surface area contributed by atoms with Crippen LogP contribution in [0.3, 0.4) is 0 Å². The van der Waals surface area contributed by atoms with Crippen molar-refractivity contribution in [1.29, 1.82) is 0 Å². The molecule has 0 aliphatic carbocycles. The van der Waals surface area contributed by atoms with Crippen molar-refractivity contribution < 1.29 is 9.53 Å². The van der Waals surface area contributed by atoms with Gasteiger partial charge in [0.2, 0.25) is 5.91 Å². The molecule has 1 unspecified atom stereocenters. The van der Waals surface area contributed by atoms with Crippen LogP contribution in [0.25, 0.3) is 0 Å². The third kappa shape index (κ3) is 5.60. The minimum Gasteiger partial charge on any atom is -0.383 e. The molecule has 0 radical (unpaired) electrons. The van der Waals surface area contributed by atoms with Crippen LogP contribution in [0, 0.1) is 0 Å². The van der Waals surface area contributed by atoms with Gasteiger partial charge in [-0.3, -0.25) is 14.6 Å². The lowest BCUT2D eigenvalue weighted by atomic mass is 10.2. The maximum absolute atomic E-state index is 12.4. The van der Waals surface area contributed by atoms with Crippen molar-refractivity contribution in [2.75, 3.05) is 51.8 Å². The van der Waals surface area contributed by atoms with E-state index in [2.05, 4.69) is 22.0 Å². The summed E-state index contributed by atoms with van der Waals surface area (Å²) in [5.74, 6) is -0.209. The van der Waals surface area contributed by atoms with Crippen molar-refractivity contribution in [2.24, 2.45) is 0 Å². The van der Waals surface area contributed by atoms with E-state index in [1.807, 2.05) is 0 Å². The van der Waals surface area contributed by atoms with Crippen LogP contribution < -0.4 is 5.32 Å². The van der Waals surface area contributed by atoms with Gasteiger partial charge in [-0.2, -0.15) is 0 Å². The highest BCUT2D eigenvalue weighted by molar-refractivity contribution is 6.50. The molecular weight excluding hydrogens is 408 g/mol. The topological polar surface area (TPSA) is 44.8 Å². The van der Waals surface area contributed by atoms with Crippen molar-refractivity contribution in [3.05, 3.63) is 26.2 Å². The maximum atomic E-state index is 12.4. The van der Waals surface area contributed by atoms with Gasteiger partial charge in [-0.1, -0.05) is 46.4 Å². The fraction of sp³-hybridized carbons (Fsp3) is 0.562. The number of rotatable bonds is 6. The van der Waals surface area contributed by atoms with E-state index in [1.54, 1.807) is 7.11 Å². The summed E-state index contributed by atoms with van der Waals surface area (Å²) in [6.45, 7) is 6.49. The Kier molecular flexibility index (Phi) is 8.08. The molecule has 1 amide bonds. The summed E-state index contributed by atoms with van der Waals surface area (Å²) >= 11 is 24.2. The lowest BCUT2D eigenvalue weighted by molar-refractivity contribution is -0.118. The normalized spacial score (nSPS) is 19.2. The molecule has 1 heterocycles. The van der Waals surface area contributed by atoms with Crippen LogP contribution in [0.1, 0.15) is 6.92 Å². The molecule has 0 bridgehead atoms. The molecule has 140 valence electrons. The highest BCUT2D eigenvalue weighted by atomic mass is 35.5. The molecule has 0 aromatic heterocycles. The molecule has 1 atom stereocenters. The summed E-state index contributed by atoms with van der Waals surface area (Å²) in [5, 5.41) is 3.57. The first-order valence-electron chi connectivity index (χ1n) is 7.91. The largest absolute Gasteiger partial charge is 0.383 e. The van der Waals surface area contributed by atoms with Crippen molar-refractivity contribution in [3.63, 3.8) is 0 Å². The van der Waals surface area contributed by atoms with Gasteiger partial charge in [0, 0.05) is 39.3 Å². The van der Waals surface area contributed by atoms with Gasteiger partial charge in [-0.25, -0.2) is 0 Å². The SMILES string of the molecule is COCCN1CCN(CC(=O)Nc2c(Cl)c(Cl)cc(Cl)c2Cl)CC1C. The number of hydrogen-bond donors (Lipinski definition) is 1. The Hall–Kier alpha value is -0.270. The Morgan fingerprint density at radius 2 is 1.88 bits per heavy atom. The first-order chi connectivity index (χ1) is 11.8. The number of anilines is 1. The molecular formula is C16H21Cl4N3O2. The molecule has 1 N–H and O–H groups in total. The average Bonchev–Trinajstić information content (AvgIpc) is 2.56. The van der Waals surface area contributed by atoms with Gasteiger partial charge in [0.05, 0.1) is 38.9 Å². The third-order valence-corrected chi connectivity index (χ3v) is 5.75. The van der Waals surface area contributed by atoms with Gasteiger partial charge in [-0.15, -0.1) is 0 Å². The second kappa shape index (κ2) is 9.60. The summed E-state index contributed by atoms with van der Waals surface area (Å²) in [4.78, 5) is 16.8. The van der Waals surface area contributed by atoms with Gasteiger partial charge in [-0.05, 0) is 13.0 Å². The number of carbonyl (C=O) groups is 1. The van der Waals surface area contributed by atoms with E-state index in [1.165, 1.54) is 6.07 Å². The summed E-state index contributed by atoms with van der Waals surface area (Å²) in [6, 6.07) is 1.80. The van der Waals surface area contributed by atoms with Crippen LogP contribution in [0.5, 0.6) is 0 Å². The van der Waals surface area contributed by atoms with Crippen LogP contribution in [0.4, 0.5) is 5.69 Å². The predicted octanol–water partition coefficient (Wildman–Crippen LogP) is 3.89. The molecule has 0 saturated carbocycles. The summed E-state index contributed by atoms with van der Waals surface area (Å²) < 4.78 is 5.13. The first-order valence-corrected chi connectivity index (χ1v) is 9.42. The second-order valence-electron chi connectivity index (χ2n) is 6.00. The third-order valence-electron chi connectivity index (χ3n) is 4.18. The predicted molar refractivity (Wildman–Crippen MR) is 104 cm³/mol. The van der Waals surface area contributed by atoms with E-state index < -0.39 is 0 Å². The molecule has 1 aromatic rings. The number of carbonyl (C=O) groups excluding carboxylic acids is 1. The standard InChI is InChI=1S/C16H21Cl4N3O2/c1-10-8-22(3-4-23(10)5-6-25-2)9-13(24)21-16-14(19)11(17)7-12(18)15(16)20/h7,10H,3-6,8-9H2,1-2H3,(H,21,24). The summed E-state index contributed by atoms with van der Waals surface area (Å²) in [6.07, 6.45) is 0. The zero-order chi connectivity index (χ0) is 18.6. The quantitative estimate of drug-likeness (QED) is 0.698. The molecule has 1 aliphatic rings. The molecule has 9 heteroatoms. The Balaban J connectivity index is 1.94. The highest BCUT2D eigenvalue weighted by Crippen LogP contribution is 2.40. The number of ether oxygens (including phenoxy) is 1. The van der Waals surface area contributed by atoms with Crippen molar-refractivity contribution in [3.8, 4) is 0 Å². The van der Waals surface area contributed by atoms with Gasteiger partial charge in [0.25, 0.3) is 0 Å². The number of hydrogen-bond acceptors (Lipinski definition) is 4. The number of benzene rings is 1. The Bertz CT molecular complexity index is 604. The van der Waals surface area contributed by atoms with Gasteiger partial charge in [0.15, 0.2) is 0 Å². The van der Waals surface area contributed by atoms with Crippen LogP contribution >= 0.6 is 46.4 Å². The Morgan fingerprint density at radius 1 is 1.24 bits per heavy atom. The summed E-state index contributed by atoms with van der Waals surface area (Å²) in [7, 11) is 1.70. The first kappa shape index (κ1) is 21.0. The van der Waals surface area contributed by atoms with Crippen LogP contribution in [-0.2, 0) is 9.53 Å². The van der Waals surface area contributed by atoms with Gasteiger partial charge < -0.3 is 10.1 Å². The number of nitrogens with one attached hydrogen (secondary N) is 1. The highest BCUT2D eigenvalue weighted by Gasteiger charge is 2.25. The van der Waals surface area contributed by atoms with Gasteiger partial charge >= 0.3 is 0 Å². The van der Waals surface area contributed by atoms with E-state index >= 15 is 0 Å². The fourth-order valence-electron chi connectivity index (χ4n) is 2.82. The van der Waals surface area contributed by atoms with E-state index in [0.717, 1.165) is 26.2 Å². The maximum Gasteiger partial charge on any atom is 0.238 e. The molecule has 2 rings (SSSR count). The molecule has 1 saturated heterocycles. The monoisotopic (exact) mass is 427 g/mol. The van der Waals surface area contributed by atoms with E-state index in [4.69, 9.17) is 51.1 Å². The Morgan fingerprint density at radius 3 is 2.44 bits per heavy atom. The molecule has 0 spiro atoms. The van der Waals surface area contributed by atoms with Crippen LogP contribution in [0.2, 0.25) is 20.1 Å². The number of piperazine rings is 1. The van der Waals surface area contributed by atoms with Crippen molar-refractivity contribution in [2.45, 2.75) is 13.0 Å². The van der Waals surface area contributed by atoms with E-state index in [-0.39, 0.29) is 38.2 Å². The smallest absolute Gasteiger partial charge is 0.238 e. The zero-order valence-corrected chi connectivity index (χ0v) is 17.1. The second-order valence-corrected chi connectivity index (χ2v) is 7.57. The van der Waals surface area contributed by atoms with E-state index in [0.29, 0.717) is 12.6 Å². The minimum absolute atomic E-state index is 0.183. The molecule has 5 nitrogen and oxygen atoms in total. The summed E-state index contributed by atoms with van der Waals surface area (Å²) in [5.41, 5.74) is 0.248. The van der Waals surface area contributed by atoms with Crippen LogP contribution in [0.15, 0.2) is 6.07 Å². The average molecular weight is 429 g/mol. The Labute approximate surface area is 168 Å². The lowest BCUT2D eigenvalue weighted by Crippen LogP contribution is -2.54. The molecule has 1 aromatic carbocycles. The zero-order valence-electron chi connectivity index (χ0n) is 14.1. The number of methoxy groups -OCH3 is 1. The molecule has 25 heavy (non-hydrogen) atoms. The van der Waals surface area contributed by atoms with Gasteiger partial charge in [0.1, 0.15) is 0 Å². The molecule has 1 aliphatic heterocycles. The van der Waals surface area contributed by atoms with E-state index in [9.17, 15) is 4.79 Å². The van der Waals surface area contributed by atoms with Crippen molar-refractivity contribution >= 4 is 58.0 Å². The minimum atomic E-state index is -0.209. The number of nitrogens with zero attached hydrogens (tertiary/aromatic N) is 2. The molecule has 1 fully saturated rings.